The second kappa shape index (κ2) is 4.86. The molecule has 1 atom stereocenters. The third-order valence-electron chi connectivity index (χ3n) is 3.33. The van der Waals surface area contributed by atoms with Gasteiger partial charge in [-0.05, 0) is 26.3 Å². The SMILES string of the molecule is Cc1cc(CN2CCC[C@@H]2c2cnccn2)no1. The van der Waals surface area contributed by atoms with Crippen LogP contribution in [-0.4, -0.2) is 26.6 Å². The van der Waals surface area contributed by atoms with Gasteiger partial charge < -0.3 is 4.52 Å². The van der Waals surface area contributed by atoms with Crippen molar-refractivity contribution in [2.45, 2.75) is 32.4 Å². The molecule has 18 heavy (non-hydrogen) atoms. The van der Waals surface area contributed by atoms with Gasteiger partial charge in [0.05, 0.1) is 17.4 Å². The fourth-order valence-corrected chi connectivity index (χ4v) is 2.53. The topological polar surface area (TPSA) is 55.1 Å². The van der Waals surface area contributed by atoms with Crippen molar-refractivity contribution in [1.29, 1.82) is 0 Å². The van der Waals surface area contributed by atoms with Crippen molar-refractivity contribution in [2.24, 2.45) is 0 Å². The van der Waals surface area contributed by atoms with Gasteiger partial charge >= 0.3 is 0 Å². The fraction of sp³-hybridized carbons (Fsp3) is 0.462. The van der Waals surface area contributed by atoms with Crippen LogP contribution in [0.25, 0.3) is 0 Å². The maximum absolute atomic E-state index is 5.11. The molecule has 0 spiro atoms. The van der Waals surface area contributed by atoms with Crippen LogP contribution in [0.2, 0.25) is 0 Å². The summed E-state index contributed by atoms with van der Waals surface area (Å²) in [6, 6.07) is 2.35. The van der Waals surface area contributed by atoms with Gasteiger partial charge in [-0.25, -0.2) is 0 Å². The first-order valence-corrected chi connectivity index (χ1v) is 6.25. The van der Waals surface area contributed by atoms with Crippen molar-refractivity contribution in [3.8, 4) is 0 Å². The number of hydrogen-bond acceptors (Lipinski definition) is 5. The van der Waals surface area contributed by atoms with Crippen LogP contribution >= 0.6 is 0 Å². The van der Waals surface area contributed by atoms with E-state index in [1.807, 2.05) is 19.2 Å². The van der Waals surface area contributed by atoms with Crippen LogP contribution in [0.15, 0.2) is 29.2 Å². The van der Waals surface area contributed by atoms with E-state index in [2.05, 4.69) is 20.0 Å². The first-order chi connectivity index (χ1) is 8.83. The molecule has 1 aliphatic rings. The van der Waals surface area contributed by atoms with Gasteiger partial charge in [-0.2, -0.15) is 0 Å². The zero-order chi connectivity index (χ0) is 12.4. The lowest BCUT2D eigenvalue weighted by Crippen LogP contribution is -2.23. The quantitative estimate of drug-likeness (QED) is 0.827. The van der Waals surface area contributed by atoms with Crippen molar-refractivity contribution in [2.75, 3.05) is 6.54 Å². The highest BCUT2D eigenvalue weighted by Gasteiger charge is 2.27. The lowest BCUT2D eigenvalue weighted by Gasteiger charge is -2.22. The Morgan fingerprint density at radius 3 is 3.11 bits per heavy atom. The zero-order valence-electron chi connectivity index (χ0n) is 10.4. The Hall–Kier alpha value is -1.75. The standard InChI is InChI=1S/C13H16N4O/c1-10-7-11(16-18-10)9-17-6-2-3-13(17)12-8-14-4-5-15-12/h4-5,7-8,13H,2-3,6,9H2,1H3/t13-/m1/s1. The maximum Gasteiger partial charge on any atom is 0.133 e. The molecule has 0 aromatic carbocycles. The molecule has 0 saturated carbocycles. The summed E-state index contributed by atoms with van der Waals surface area (Å²) in [7, 11) is 0. The molecule has 2 aromatic heterocycles. The third-order valence-corrected chi connectivity index (χ3v) is 3.33. The Morgan fingerprint density at radius 2 is 2.39 bits per heavy atom. The monoisotopic (exact) mass is 244 g/mol. The summed E-state index contributed by atoms with van der Waals surface area (Å²) < 4.78 is 5.11. The van der Waals surface area contributed by atoms with Crippen LogP contribution in [0.1, 0.15) is 36.0 Å². The summed E-state index contributed by atoms with van der Waals surface area (Å²) in [6.45, 7) is 3.81. The number of likely N-dealkylation sites (tertiary alicyclic amines) is 1. The average Bonchev–Trinajstić information content (AvgIpc) is 3.00. The van der Waals surface area contributed by atoms with Gasteiger partial charge in [0.2, 0.25) is 0 Å². The molecule has 1 aliphatic heterocycles. The largest absolute Gasteiger partial charge is 0.361 e. The van der Waals surface area contributed by atoms with Crippen LogP contribution < -0.4 is 0 Å². The summed E-state index contributed by atoms with van der Waals surface area (Å²) in [4.78, 5) is 11.0. The van der Waals surface area contributed by atoms with Crippen LogP contribution in [0.3, 0.4) is 0 Å². The lowest BCUT2D eigenvalue weighted by atomic mass is 10.1. The molecule has 5 nitrogen and oxygen atoms in total. The van der Waals surface area contributed by atoms with Crippen LogP contribution in [0.4, 0.5) is 0 Å². The molecule has 0 unspecified atom stereocenters. The Bertz CT molecular complexity index is 511. The molecule has 1 saturated heterocycles. The minimum absolute atomic E-state index is 0.357. The molecule has 3 heterocycles. The summed E-state index contributed by atoms with van der Waals surface area (Å²) in [5.74, 6) is 0.861. The summed E-state index contributed by atoms with van der Waals surface area (Å²) in [5, 5.41) is 4.05. The molecule has 0 radical (unpaired) electrons. The number of nitrogens with zero attached hydrogens (tertiary/aromatic N) is 4. The van der Waals surface area contributed by atoms with Gasteiger partial charge in [-0.3, -0.25) is 14.9 Å². The molecule has 5 heteroatoms. The second-order valence-corrected chi connectivity index (χ2v) is 4.69. The Labute approximate surface area is 106 Å². The van der Waals surface area contributed by atoms with E-state index in [-0.39, 0.29) is 0 Å². The van der Waals surface area contributed by atoms with Crippen LogP contribution in [0, 0.1) is 6.92 Å². The highest BCUT2D eigenvalue weighted by atomic mass is 16.5. The summed E-state index contributed by atoms with van der Waals surface area (Å²) in [5.41, 5.74) is 2.04. The van der Waals surface area contributed by atoms with Gasteiger partial charge in [-0.1, -0.05) is 5.16 Å². The number of hydrogen-bond donors (Lipinski definition) is 0. The van der Waals surface area contributed by atoms with Gasteiger partial charge in [-0.15, -0.1) is 0 Å². The van der Waals surface area contributed by atoms with Gasteiger partial charge in [0.25, 0.3) is 0 Å². The van der Waals surface area contributed by atoms with Gasteiger partial charge in [0.15, 0.2) is 0 Å². The average molecular weight is 244 g/mol. The summed E-state index contributed by atoms with van der Waals surface area (Å²) in [6.07, 6.45) is 7.65. The van der Waals surface area contributed by atoms with Crippen LogP contribution in [-0.2, 0) is 6.54 Å². The van der Waals surface area contributed by atoms with E-state index in [1.165, 1.54) is 6.42 Å². The normalized spacial score (nSPS) is 20.4. The molecule has 0 bridgehead atoms. The smallest absolute Gasteiger partial charge is 0.133 e. The Kier molecular flexibility index (Phi) is 3.06. The highest BCUT2D eigenvalue weighted by Crippen LogP contribution is 2.31. The first-order valence-electron chi connectivity index (χ1n) is 6.25. The van der Waals surface area contributed by atoms with E-state index < -0.39 is 0 Å². The lowest BCUT2D eigenvalue weighted by molar-refractivity contribution is 0.235. The van der Waals surface area contributed by atoms with Gasteiger partial charge in [0.1, 0.15) is 5.76 Å². The van der Waals surface area contributed by atoms with Crippen LogP contribution in [0.5, 0.6) is 0 Å². The first kappa shape index (κ1) is 11.3. The Morgan fingerprint density at radius 1 is 1.44 bits per heavy atom. The van der Waals surface area contributed by atoms with Crippen molar-refractivity contribution in [1.82, 2.24) is 20.0 Å². The van der Waals surface area contributed by atoms with E-state index in [0.717, 1.165) is 36.7 Å². The second-order valence-electron chi connectivity index (χ2n) is 4.69. The molecule has 94 valence electrons. The van der Waals surface area contributed by atoms with E-state index in [9.17, 15) is 0 Å². The molecular formula is C13H16N4O. The number of aryl methyl sites for hydroxylation is 1. The molecule has 3 rings (SSSR count). The predicted octanol–water partition coefficient (Wildman–Crippen LogP) is 2.11. The minimum atomic E-state index is 0.357. The molecule has 0 N–H and O–H groups in total. The van der Waals surface area contributed by atoms with Gasteiger partial charge in [0, 0.05) is 31.2 Å². The Balaban J connectivity index is 1.75. The molecule has 2 aromatic rings. The number of aromatic nitrogens is 3. The number of rotatable bonds is 3. The van der Waals surface area contributed by atoms with Crippen molar-refractivity contribution < 1.29 is 4.52 Å². The predicted molar refractivity (Wildman–Crippen MR) is 65.7 cm³/mol. The molecule has 0 aliphatic carbocycles. The molecule has 1 fully saturated rings. The van der Waals surface area contributed by atoms with E-state index >= 15 is 0 Å². The molecule has 0 amide bonds. The van der Waals surface area contributed by atoms with Crippen molar-refractivity contribution >= 4 is 0 Å². The van der Waals surface area contributed by atoms with E-state index in [4.69, 9.17) is 4.52 Å². The third kappa shape index (κ3) is 2.26. The zero-order valence-corrected chi connectivity index (χ0v) is 10.4. The fourth-order valence-electron chi connectivity index (χ4n) is 2.53. The van der Waals surface area contributed by atoms with E-state index in [0.29, 0.717) is 6.04 Å². The summed E-state index contributed by atoms with van der Waals surface area (Å²) >= 11 is 0. The molecular weight excluding hydrogens is 228 g/mol. The minimum Gasteiger partial charge on any atom is -0.361 e. The van der Waals surface area contributed by atoms with Crippen molar-refractivity contribution in [3.05, 3.63) is 41.8 Å². The maximum atomic E-state index is 5.11. The van der Waals surface area contributed by atoms with E-state index in [1.54, 1.807) is 12.4 Å². The van der Waals surface area contributed by atoms with Crippen molar-refractivity contribution in [3.63, 3.8) is 0 Å². The highest BCUT2D eigenvalue weighted by molar-refractivity contribution is 5.08.